The molecule has 1 amide bonds. The van der Waals surface area contributed by atoms with Gasteiger partial charge in [0, 0.05) is 24.6 Å². The van der Waals surface area contributed by atoms with Gasteiger partial charge in [-0.15, -0.1) is 0 Å². The van der Waals surface area contributed by atoms with Crippen molar-refractivity contribution in [2.45, 2.75) is 31.7 Å². The lowest BCUT2D eigenvalue weighted by Gasteiger charge is -2.35. The molecule has 0 spiro atoms. The number of pyridine rings is 1. The molecular weight excluding hydrogens is 252 g/mol. The number of likely N-dealkylation sites (tertiary alicyclic amines) is 1. The molecule has 1 aliphatic rings. The van der Waals surface area contributed by atoms with Crippen molar-refractivity contribution in [1.29, 1.82) is 0 Å². The van der Waals surface area contributed by atoms with Crippen LogP contribution in [0.5, 0.6) is 0 Å². The predicted molar refractivity (Wildman–Crippen MR) is 74.8 cm³/mol. The standard InChI is InChI=1S/C15H18N4O/c20-15(9-12-10-16-11-18-12)19-8-4-2-6-14(19)13-5-1-3-7-17-13/h1,3,5,7,10-11,14H,2,4,6,8-9H2,(H,16,18)/t14-/m0/s1. The van der Waals surface area contributed by atoms with Crippen LogP contribution in [0, 0.1) is 0 Å². The summed E-state index contributed by atoms with van der Waals surface area (Å²) in [4.78, 5) is 25.8. The summed E-state index contributed by atoms with van der Waals surface area (Å²) >= 11 is 0. The summed E-state index contributed by atoms with van der Waals surface area (Å²) in [6, 6.07) is 6.00. The van der Waals surface area contributed by atoms with Crippen molar-refractivity contribution in [2.75, 3.05) is 6.54 Å². The van der Waals surface area contributed by atoms with Crippen molar-refractivity contribution < 1.29 is 4.79 Å². The van der Waals surface area contributed by atoms with Crippen LogP contribution in [-0.2, 0) is 11.2 Å². The number of nitrogens with one attached hydrogen (secondary N) is 1. The van der Waals surface area contributed by atoms with Crippen LogP contribution in [0.2, 0.25) is 0 Å². The highest BCUT2D eigenvalue weighted by Gasteiger charge is 2.28. The largest absolute Gasteiger partial charge is 0.348 e. The van der Waals surface area contributed by atoms with Crippen LogP contribution in [-0.4, -0.2) is 32.3 Å². The molecule has 1 N–H and O–H groups in total. The van der Waals surface area contributed by atoms with E-state index in [0.29, 0.717) is 6.42 Å². The molecule has 3 rings (SSSR count). The number of carbonyl (C=O) groups excluding carboxylic acids is 1. The summed E-state index contributed by atoms with van der Waals surface area (Å²) in [7, 11) is 0. The molecule has 1 fully saturated rings. The molecule has 5 heteroatoms. The quantitative estimate of drug-likeness (QED) is 0.929. The number of amides is 1. The van der Waals surface area contributed by atoms with Crippen molar-refractivity contribution in [3.05, 3.63) is 48.3 Å². The van der Waals surface area contributed by atoms with Gasteiger partial charge in [0.05, 0.1) is 24.5 Å². The summed E-state index contributed by atoms with van der Waals surface area (Å²) in [6.07, 6.45) is 8.69. The van der Waals surface area contributed by atoms with E-state index in [1.54, 1.807) is 18.7 Å². The molecule has 0 unspecified atom stereocenters. The molecule has 104 valence electrons. The first kappa shape index (κ1) is 12.8. The monoisotopic (exact) mass is 270 g/mol. The fourth-order valence-electron chi connectivity index (χ4n) is 2.76. The Morgan fingerprint density at radius 1 is 1.40 bits per heavy atom. The third kappa shape index (κ3) is 2.71. The van der Waals surface area contributed by atoms with E-state index in [-0.39, 0.29) is 11.9 Å². The Morgan fingerprint density at radius 3 is 3.10 bits per heavy atom. The minimum atomic E-state index is 0.111. The lowest BCUT2D eigenvalue weighted by molar-refractivity contribution is -0.134. The van der Waals surface area contributed by atoms with Gasteiger partial charge in [-0.05, 0) is 31.4 Å². The number of imidazole rings is 1. The van der Waals surface area contributed by atoms with Crippen LogP contribution in [0.3, 0.4) is 0 Å². The molecule has 0 saturated carbocycles. The highest BCUT2D eigenvalue weighted by Crippen LogP contribution is 2.29. The summed E-state index contributed by atoms with van der Waals surface area (Å²) in [6.45, 7) is 0.814. The smallest absolute Gasteiger partial charge is 0.229 e. The Bertz CT molecular complexity index is 553. The molecule has 0 radical (unpaired) electrons. The number of piperidine rings is 1. The van der Waals surface area contributed by atoms with Gasteiger partial charge in [0.2, 0.25) is 5.91 Å². The van der Waals surface area contributed by atoms with E-state index in [1.807, 2.05) is 23.1 Å². The SMILES string of the molecule is O=C(Cc1cnc[nH]1)N1CCCC[C@H]1c1ccccn1. The molecule has 1 saturated heterocycles. The van der Waals surface area contributed by atoms with Gasteiger partial charge in [0.1, 0.15) is 0 Å². The fourth-order valence-corrected chi connectivity index (χ4v) is 2.76. The third-order valence-electron chi connectivity index (χ3n) is 3.75. The van der Waals surface area contributed by atoms with Gasteiger partial charge in [-0.1, -0.05) is 6.07 Å². The second-order valence-corrected chi connectivity index (χ2v) is 5.11. The summed E-state index contributed by atoms with van der Waals surface area (Å²) in [5.41, 5.74) is 1.85. The molecule has 2 aromatic heterocycles. The predicted octanol–water partition coefficient (Wildman–Crippen LogP) is 2.10. The molecule has 1 aliphatic heterocycles. The van der Waals surface area contributed by atoms with E-state index in [1.165, 1.54) is 0 Å². The zero-order valence-electron chi connectivity index (χ0n) is 11.3. The second kappa shape index (κ2) is 5.86. The summed E-state index contributed by atoms with van der Waals surface area (Å²) in [5, 5.41) is 0. The average molecular weight is 270 g/mol. The Morgan fingerprint density at radius 2 is 2.35 bits per heavy atom. The highest BCUT2D eigenvalue weighted by atomic mass is 16.2. The van der Waals surface area contributed by atoms with Gasteiger partial charge in [-0.25, -0.2) is 4.98 Å². The van der Waals surface area contributed by atoms with Gasteiger partial charge < -0.3 is 9.88 Å². The van der Waals surface area contributed by atoms with Crippen molar-refractivity contribution >= 4 is 5.91 Å². The van der Waals surface area contributed by atoms with Crippen LogP contribution in [0.4, 0.5) is 0 Å². The van der Waals surface area contributed by atoms with E-state index >= 15 is 0 Å². The minimum absolute atomic E-state index is 0.111. The second-order valence-electron chi connectivity index (χ2n) is 5.11. The van der Waals surface area contributed by atoms with Gasteiger partial charge in [0.15, 0.2) is 0 Å². The number of H-pyrrole nitrogens is 1. The first-order valence-corrected chi connectivity index (χ1v) is 7.02. The lowest BCUT2D eigenvalue weighted by Crippen LogP contribution is -2.39. The topological polar surface area (TPSA) is 61.9 Å². The van der Waals surface area contributed by atoms with E-state index in [9.17, 15) is 4.79 Å². The Labute approximate surface area is 118 Å². The van der Waals surface area contributed by atoms with Crippen molar-refractivity contribution in [1.82, 2.24) is 19.9 Å². The third-order valence-corrected chi connectivity index (χ3v) is 3.75. The summed E-state index contributed by atoms with van der Waals surface area (Å²) < 4.78 is 0. The van der Waals surface area contributed by atoms with Crippen LogP contribution in [0.15, 0.2) is 36.9 Å². The van der Waals surface area contributed by atoms with E-state index in [2.05, 4.69) is 15.0 Å². The zero-order valence-corrected chi connectivity index (χ0v) is 11.3. The Kier molecular flexibility index (Phi) is 3.76. The van der Waals surface area contributed by atoms with Crippen molar-refractivity contribution in [3.8, 4) is 0 Å². The molecule has 3 heterocycles. The maximum absolute atomic E-state index is 12.5. The van der Waals surface area contributed by atoms with Crippen LogP contribution < -0.4 is 0 Å². The average Bonchev–Trinajstić information content (AvgIpc) is 3.01. The van der Waals surface area contributed by atoms with E-state index in [0.717, 1.165) is 37.2 Å². The van der Waals surface area contributed by atoms with Gasteiger partial charge in [0.25, 0.3) is 0 Å². The Balaban J connectivity index is 1.77. The molecule has 0 aliphatic carbocycles. The first-order chi connectivity index (χ1) is 9.84. The van der Waals surface area contributed by atoms with Crippen molar-refractivity contribution in [3.63, 3.8) is 0 Å². The number of carbonyl (C=O) groups is 1. The van der Waals surface area contributed by atoms with Crippen LogP contribution >= 0.6 is 0 Å². The van der Waals surface area contributed by atoms with Crippen molar-refractivity contribution in [2.24, 2.45) is 0 Å². The number of hydrogen-bond donors (Lipinski definition) is 1. The normalized spacial score (nSPS) is 19.0. The number of aromatic amines is 1. The maximum atomic E-state index is 12.5. The van der Waals surface area contributed by atoms with Gasteiger partial charge in [-0.3, -0.25) is 9.78 Å². The van der Waals surface area contributed by atoms with Crippen LogP contribution in [0.1, 0.15) is 36.7 Å². The maximum Gasteiger partial charge on any atom is 0.229 e. The molecule has 0 bridgehead atoms. The minimum Gasteiger partial charge on any atom is -0.348 e. The molecule has 2 aromatic rings. The number of nitrogens with zero attached hydrogens (tertiary/aromatic N) is 3. The summed E-state index contributed by atoms with van der Waals surface area (Å²) in [5.74, 6) is 0.143. The number of hydrogen-bond acceptors (Lipinski definition) is 3. The van der Waals surface area contributed by atoms with Gasteiger partial charge >= 0.3 is 0 Å². The molecule has 20 heavy (non-hydrogen) atoms. The lowest BCUT2D eigenvalue weighted by atomic mass is 9.98. The zero-order chi connectivity index (χ0) is 13.8. The number of aromatic nitrogens is 3. The fraction of sp³-hybridized carbons (Fsp3) is 0.400. The highest BCUT2D eigenvalue weighted by molar-refractivity contribution is 5.78. The van der Waals surface area contributed by atoms with Gasteiger partial charge in [-0.2, -0.15) is 0 Å². The molecule has 5 nitrogen and oxygen atoms in total. The molecule has 0 aromatic carbocycles. The molecule has 1 atom stereocenters. The number of rotatable bonds is 3. The molecular formula is C15H18N4O. The first-order valence-electron chi connectivity index (χ1n) is 7.02. The van der Waals surface area contributed by atoms with Crippen LogP contribution in [0.25, 0.3) is 0 Å². The van der Waals surface area contributed by atoms with E-state index in [4.69, 9.17) is 0 Å². The Hall–Kier alpha value is -2.17. The van der Waals surface area contributed by atoms with E-state index < -0.39 is 0 Å².